The summed E-state index contributed by atoms with van der Waals surface area (Å²) in [7, 11) is 0.979. The van der Waals surface area contributed by atoms with Gasteiger partial charge in [0.25, 0.3) is 0 Å². The quantitative estimate of drug-likeness (QED) is 0.463. The van der Waals surface area contributed by atoms with Gasteiger partial charge in [-0.3, -0.25) is 0 Å². The van der Waals surface area contributed by atoms with Crippen LogP contribution in [0.2, 0.25) is 6.04 Å². The maximum atomic E-state index is 5.68. The molecular weight excluding hydrogens is 196 g/mol. The van der Waals surface area contributed by atoms with Crippen molar-refractivity contribution in [1.29, 1.82) is 0 Å². The first-order valence-electron chi connectivity index (χ1n) is 5.14. The molecule has 0 aliphatic rings. The lowest BCUT2D eigenvalue weighted by Gasteiger charge is -2.25. The molecule has 0 fully saturated rings. The van der Waals surface area contributed by atoms with Crippen LogP contribution in [0.1, 0.15) is 26.7 Å². The van der Waals surface area contributed by atoms with Gasteiger partial charge >= 0.3 is 8.80 Å². The maximum Gasteiger partial charge on any atom is 0.500 e. The second kappa shape index (κ2) is 8.17. The van der Waals surface area contributed by atoms with Gasteiger partial charge in [-0.25, -0.2) is 0 Å². The van der Waals surface area contributed by atoms with Crippen LogP contribution in [0, 0.1) is 0 Å². The standard InChI is InChI=1S/C10H22O3Si/c1-5-7-8-9-13-14(11-3,12-4)10-6-2/h7-8H,5-6,9-10H2,1-4H3. The summed E-state index contributed by atoms with van der Waals surface area (Å²) in [6.45, 7) is 4.78. The second-order valence-corrected chi connectivity index (χ2v) is 6.00. The Labute approximate surface area is 88.4 Å². The molecule has 0 spiro atoms. The predicted molar refractivity (Wildman–Crippen MR) is 60.3 cm³/mol. The summed E-state index contributed by atoms with van der Waals surface area (Å²) in [5.41, 5.74) is 0. The van der Waals surface area contributed by atoms with Crippen LogP contribution in [0.15, 0.2) is 12.2 Å². The van der Waals surface area contributed by atoms with Crippen molar-refractivity contribution in [3.63, 3.8) is 0 Å². The Morgan fingerprint density at radius 1 is 1.07 bits per heavy atom. The average molecular weight is 218 g/mol. The molecule has 0 amide bonds. The summed E-state index contributed by atoms with van der Waals surface area (Å²) < 4.78 is 16.4. The van der Waals surface area contributed by atoms with Gasteiger partial charge in [0.15, 0.2) is 0 Å². The molecule has 0 N–H and O–H groups in total. The molecule has 0 unspecified atom stereocenters. The van der Waals surface area contributed by atoms with Crippen molar-refractivity contribution in [2.45, 2.75) is 32.7 Å². The van der Waals surface area contributed by atoms with Gasteiger partial charge in [-0.1, -0.05) is 32.4 Å². The van der Waals surface area contributed by atoms with Crippen LogP contribution in [0.25, 0.3) is 0 Å². The van der Waals surface area contributed by atoms with E-state index in [4.69, 9.17) is 13.3 Å². The fraction of sp³-hybridized carbons (Fsp3) is 0.800. The lowest BCUT2D eigenvalue weighted by atomic mass is 10.4. The van der Waals surface area contributed by atoms with Crippen LogP contribution in [0.3, 0.4) is 0 Å². The zero-order chi connectivity index (χ0) is 10.9. The van der Waals surface area contributed by atoms with Gasteiger partial charge in [0.2, 0.25) is 0 Å². The Morgan fingerprint density at radius 3 is 2.14 bits per heavy atom. The molecule has 4 heteroatoms. The summed E-state index contributed by atoms with van der Waals surface area (Å²) >= 11 is 0. The van der Waals surface area contributed by atoms with E-state index < -0.39 is 8.80 Å². The Hall–Kier alpha value is -0.163. The molecule has 0 saturated heterocycles. The Morgan fingerprint density at radius 2 is 1.71 bits per heavy atom. The first-order valence-corrected chi connectivity index (χ1v) is 7.07. The topological polar surface area (TPSA) is 27.7 Å². The predicted octanol–water partition coefficient (Wildman–Crippen LogP) is 2.61. The van der Waals surface area contributed by atoms with E-state index in [-0.39, 0.29) is 0 Å². The molecule has 0 aliphatic carbocycles. The lowest BCUT2D eigenvalue weighted by molar-refractivity contribution is 0.110. The summed E-state index contributed by atoms with van der Waals surface area (Å²) in [5.74, 6) is 0. The highest BCUT2D eigenvalue weighted by Gasteiger charge is 2.37. The van der Waals surface area contributed by atoms with E-state index in [1.165, 1.54) is 0 Å². The molecule has 0 bridgehead atoms. The van der Waals surface area contributed by atoms with Crippen molar-refractivity contribution in [3.8, 4) is 0 Å². The molecule has 3 nitrogen and oxygen atoms in total. The molecule has 14 heavy (non-hydrogen) atoms. The van der Waals surface area contributed by atoms with Crippen LogP contribution in [-0.2, 0) is 13.3 Å². The highest BCUT2D eigenvalue weighted by atomic mass is 28.4. The fourth-order valence-corrected chi connectivity index (χ4v) is 3.11. The third-order valence-corrected chi connectivity index (χ3v) is 4.94. The van der Waals surface area contributed by atoms with Crippen LogP contribution >= 0.6 is 0 Å². The zero-order valence-electron chi connectivity index (χ0n) is 9.71. The normalized spacial score (nSPS) is 12.6. The van der Waals surface area contributed by atoms with E-state index in [9.17, 15) is 0 Å². The maximum absolute atomic E-state index is 5.68. The van der Waals surface area contributed by atoms with Crippen LogP contribution < -0.4 is 0 Å². The summed E-state index contributed by atoms with van der Waals surface area (Å²) in [4.78, 5) is 0. The molecule has 0 aromatic heterocycles. The van der Waals surface area contributed by atoms with E-state index in [1.807, 2.05) is 6.08 Å². The minimum atomic E-state index is -2.34. The molecule has 0 aliphatic heterocycles. The monoisotopic (exact) mass is 218 g/mol. The van der Waals surface area contributed by atoms with Crippen LogP contribution in [0.4, 0.5) is 0 Å². The number of hydrogen-bond acceptors (Lipinski definition) is 3. The molecule has 0 radical (unpaired) electrons. The Balaban J connectivity index is 4.00. The van der Waals surface area contributed by atoms with Crippen molar-refractivity contribution < 1.29 is 13.3 Å². The first-order chi connectivity index (χ1) is 6.74. The Kier molecular flexibility index (Phi) is 8.08. The minimum absolute atomic E-state index is 0.585. The van der Waals surface area contributed by atoms with Crippen molar-refractivity contribution >= 4 is 8.80 Å². The van der Waals surface area contributed by atoms with Crippen molar-refractivity contribution in [1.82, 2.24) is 0 Å². The minimum Gasteiger partial charge on any atom is -0.377 e. The van der Waals surface area contributed by atoms with E-state index in [0.29, 0.717) is 6.61 Å². The van der Waals surface area contributed by atoms with Gasteiger partial charge in [-0.2, -0.15) is 0 Å². The molecule has 0 rings (SSSR count). The number of hydrogen-bond donors (Lipinski definition) is 0. The van der Waals surface area contributed by atoms with Gasteiger partial charge in [0.05, 0.1) is 6.61 Å². The smallest absolute Gasteiger partial charge is 0.377 e. The molecule has 0 atom stereocenters. The van der Waals surface area contributed by atoms with Gasteiger partial charge < -0.3 is 13.3 Å². The van der Waals surface area contributed by atoms with Gasteiger partial charge in [-0.05, 0) is 6.42 Å². The molecule has 84 valence electrons. The third-order valence-electron chi connectivity index (χ3n) is 1.98. The van der Waals surface area contributed by atoms with Crippen molar-refractivity contribution in [2.24, 2.45) is 0 Å². The average Bonchev–Trinajstić information content (AvgIpc) is 2.23. The molecule has 0 heterocycles. The van der Waals surface area contributed by atoms with Gasteiger partial charge in [0, 0.05) is 20.3 Å². The molecule has 0 saturated carbocycles. The first kappa shape index (κ1) is 13.8. The number of allylic oxidation sites excluding steroid dienone is 1. The van der Waals surface area contributed by atoms with Gasteiger partial charge in [-0.15, -0.1) is 0 Å². The summed E-state index contributed by atoms with van der Waals surface area (Å²) in [6.07, 6.45) is 6.14. The number of rotatable bonds is 8. The summed E-state index contributed by atoms with van der Waals surface area (Å²) in [5, 5.41) is 0. The zero-order valence-corrected chi connectivity index (χ0v) is 10.7. The second-order valence-electron chi connectivity index (χ2n) is 3.03. The molecular formula is C10H22O3Si. The van der Waals surface area contributed by atoms with Crippen molar-refractivity contribution in [2.75, 3.05) is 20.8 Å². The highest BCUT2D eigenvalue weighted by molar-refractivity contribution is 6.60. The van der Waals surface area contributed by atoms with Crippen LogP contribution in [0.5, 0.6) is 0 Å². The summed E-state index contributed by atoms with van der Waals surface area (Å²) in [6, 6.07) is 0.875. The van der Waals surface area contributed by atoms with E-state index >= 15 is 0 Å². The SMILES string of the molecule is CCC=CCO[Si](CCC)(OC)OC. The van der Waals surface area contributed by atoms with Crippen LogP contribution in [-0.4, -0.2) is 29.6 Å². The van der Waals surface area contributed by atoms with Gasteiger partial charge in [0.1, 0.15) is 0 Å². The van der Waals surface area contributed by atoms with E-state index in [0.717, 1.165) is 18.9 Å². The van der Waals surface area contributed by atoms with E-state index in [2.05, 4.69) is 19.9 Å². The molecule has 0 aromatic carbocycles. The highest BCUT2D eigenvalue weighted by Crippen LogP contribution is 2.15. The fourth-order valence-electron chi connectivity index (χ4n) is 1.19. The lowest BCUT2D eigenvalue weighted by Crippen LogP contribution is -2.43. The molecule has 0 aromatic rings. The van der Waals surface area contributed by atoms with E-state index in [1.54, 1.807) is 14.2 Å². The third kappa shape index (κ3) is 4.90. The van der Waals surface area contributed by atoms with Crippen molar-refractivity contribution in [3.05, 3.63) is 12.2 Å². The largest absolute Gasteiger partial charge is 0.500 e. The Bertz CT molecular complexity index is 155.